The van der Waals surface area contributed by atoms with E-state index >= 15 is 0 Å². The number of nitrogens with zero attached hydrogens (tertiary/aromatic N) is 2. The van der Waals surface area contributed by atoms with Crippen LogP contribution in [-0.2, 0) is 24.2 Å². The molecule has 1 heterocycles. The van der Waals surface area contributed by atoms with E-state index in [9.17, 15) is 4.79 Å². The SMILES string of the molecule is CC(COC(=O)N1CCC(Cc2ccccc2)CC1)N(Cc1ccccc1)Cc1ccccc1. The Balaban J connectivity index is 1.27. The molecular weight excluding hydrogens is 420 g/mol. The van der Waals surface area contributed by atoms with Crippen LogP contribution in [0.1, 0.15) is 36.5 Å². The Morgan fingerprint density at radius 1 is 0.824 bits per heavy atom. The fourth-order valence-corrected chi connectivity index (χ4v) is 4.66. The molecule has 1 fully saturated rings. The van der Waals surface area contributed by atoms with Crippen LogP contribution < -0.4 is 0 Å². The zero-order valence-electron chi connectivity index (χ0n) is 20.2. The first kappa shape index (κ1) is 24.0. The molecule has 0 N–H and O–H groups in total. The number of ether oxygens (including phenoxy) is 1. The summed E-state index contributed by atoms with van der Waals surface area (Å²) in [5.41, 5.74) is 3.91. The van der Waals surface area contributed by atoms with Crippen molar-refractivity contribution in [2.24, 2.45) is 5.92 Å². The summed E-state index contributed by atoms with van der Waals surface area (Å²) in [4.78, 5) is 17.1. The van der Waals surface area contributed by atoms with Gasteiger partial charge in [-0.2, -0.15) is 0 Å². The molecule has 3 aromatic rings. The number of amides is 1. The van der Waals surface area contributed by atoms with Gasteiger partial charge in [0.2, 0.25) is 0 Å². The van der Waals surface area contributed by atoms with E-state index in [1.165, 1.54) is 16.7 Å². The fraction of sp³-hybridized carbons (Fsp3) is 0.367. The number of carbonyl (C=O) groups is 1. The lowest BCUT2D eigenvalue weighted by molar-refractivity contribution is 0.0562. The number of piperidine rings is 1. The molecule has 4 rings (SSSR count). The van der Waals surface area contributed by atoms with Crippen molar-refractivity contribution in [2.75, 3.05) is 19.7 Å². The van der Waals surface area contributed by atoms with Gasteiger partial charge in [0.15, 0.2) is 0 Å². The van der Waals surface area contributed by atoms with Crippen LogP contribution in [-0.4, -0.2) is 41.6 Å². The Kier molecular flexibility index (Phi) is 8.75. The maximum absolute atomic E-state index is 12.8. The van der Waals surface area contributed by atoms with Crippen molar-refractivity contribution < 1.29 is 9.53 Å². The first-order valence-corrected chi connectivity index (χ1v) is 12.4. The van der Waals surface area contributed by atoms with Gasteiger partial charge in [-0.15, -0.1) is 0 Å². The Morgan fingerprint density at radius 3 is 1.79 bits per heavy atom. The highest BCUT2D eigenvalue weighted by Crippen LogP contribution is 2.22. The molecule has 1 aliphatic rings. The zero-order valence-corrected chi connectivity index (χ0v) is 20.2. The maximum Gasteiger partial charge on any atom is 0.409 e. The van der Waals surface area contributed by atoms with Gasteiger partial charge in [-0.05, 0) is 48.8 Å². The van der Waals surface area contributed by atoms with Crippen LogP contribution in [0, 0.1) is 5.92 Å². The van der Waals surface area contributed by atoms with E-state index in [1.807, 2.05) is 17.0 Å². The highest BCUT2D eigenvalue weighted by molar-refractivity contribution is 5.67. The van der Waals surface area contributed by atoms with Crippen molar-refractivity contribution in [1.82, 2.24) is 9.80 Å². The highest BCUT2D eigenvalue weighted by atomic mass is 16.6. The van der Waals surface area contributed by atoms with Gasteiger partial charge < -0.3 is 9.64 Å². The molecule has 4 nitrogen and oxygen atoms in total. The molecule has 0 aliphatic carbocycles. The van der Waals surface area contributed by atoms with Crippen LogP contribution in [0.2, 0.25) is 0 Å². The van der Waals surface area contributed by atoms with Crippen molar-refractivity contribution in [3.05, 3.63) is 108 Å². The summed E-state index contributed by atoms with van der Waals surface area (Å²) in [5, 5.41) is 0. The summed E-state index contributed by atoms with van der Waals surface area (Å²) >= 11 is 0. The van der Waals surface area contributed by atoms with E-state index in [-0.39, 0.29) is 12.1 Å². The smallest absolute Gasteiger partial charge is 0.409 e. The fourth-order valence-electron chi connectivity index (χ4n) is 4.66. The number of likely N-dealkylation sites (tertiary alicyclic amines) is 1. The van der Waals surface area contributed by atoms with Crippen molar-refractivity contribution in [3.63, 3.8) is 0 Å². The normalized spacial score (nSPS) is 15.3. The molecular formula is C30H36N2O2. The van der Waals surface area contributed by atoms with Crippen LogP contribution in [0.25, 0.3) is 0 Å². The van der Waals surface area contributed by atoms with Gasteiger partial charge in [0, 0.05) is 32.2 Å². The average Bonchev–Trinajstić information content (AvgIpc) is 2.89. The lowest BCUT2D eigenvalue weighted by Crippen LogP contribution is -2.42. The average molecular weight is 457 g/mol. The summed E-state index contributed by atoms with van der Waals surface area (Å²) < 4.78 is 5.80. The molecule has 178 valence electrons. The van der Waals surface area contributed by atoms with Crippen molar-refractivity contribution in [3.8, 4) is 0 Å². The molecule has 1 atom stereocenters. The molecule has 0 radical (unpaired) electrons. The van der Waals surface area contributed by atoms with Gasteiger partial charge in [0.05, 0.1) is 0 Å². The molecule has 4 heteroatoms. The van der Waals surface area contributed by atoms with Crippen LogP contribution in [0.5, 0.6) is 0 Å². The maximum atomic E-state index is 12.8. The number of hydrogen-bond acceptors (Lipinski definition) is 3. The third-order valence-corrected chi connectivity index (χ3v) is 6.77. The van der Waals surface area contributed by atoms with Crippen molar-refractivity contribution in [1.29, 1.82) is 0 Å². The van der Waals surface area contributed by atoms with Gasteiger partial charge in [-0.1, -0.05) is 91.0 Å². The van der Waals surface area contributed by atoms with Gasteiger partial charge >= 0.3 is 6.09 Å². The third kappa shape index (κ3) is 7.19. The molecule has 34 heavy (non-hydrogen) atoms. The van der Waals surface area contributed by atoms with E-state index in [0.717, 1.165) is 45.4 Å². The lowest BCUT2D eigenvalue weighted by atomic mass is 9.90. The summed E-state index contributed by atoms with van der Waals surface area (Å²) in [6, 6.07) is 31.7. The van der Waals surface area contributed by atoms with E-state index in [4.69, 9.17) is 4.74 Å². The summed E-state index contributed by atoms with van der Waals surface area (Å²) in [6.07, 6.45) is 2.99. The lowest BCUT2D eigenvalue weighted by Gasteiger charge is -2.33. The van der Waals surface area contributed by atoms with Crippen LogP contribution >= 0.6 is 0 Å². The van der Waals surface area contributed by atoms with Crippen molar-refractivity contribution in [2.45, 2.75) is 45.3 Å². The van der Waals surface area contributed by atoms with Crippen molar-refractivity contribution >= 4 is 6.09 Å². The number of rotatable bonds is 9. The summed E-state index contributed by atoms with van der Waals surface area (Å²) in [7, 11) is 0. The van der Waals surface area contributed by atoms with Crippen LogP contribution in [0.3, 0.4) is 0 Å². The van der Waals surface area contributed by atoms with Gasteiger partial charge in [-0.25, -0.2) is 4.79 Å². The molecule has 0 aromatic heterocycles. The Labute approximate surface area is 204 Å². The minimum atomic E-state index is -0.176. The van der Waals surface area contributed by atoms with Gasteiger partial charge in [0.25, 0.3) is 0 Å². The molecule has 0 spiro atoms. The minimum absolute atomic E-state index is 0.111. The second-order valence-corrected chi connectivity index (χ2v) is 9.42. The number of carbonyl (C=O) groups excluding carboxylic acids is 1. The Hall–Kier alpha value is -3.11. The van der Waals surface area contributed by atoms with Crippen LogP contribution in [0.4, 0.5) is 4.79 Å². The molecule has 0 bridgehead atoms. The first-order valence-electron chi connectivity index (χ1n) is 12.4. The van der Waals surface area contributed by atoms with E-state index in [1.54, 1.807) is 0 Å². The molecule has 0 saturated carbocycles. The van der Waals surface area contributed by atoms with Crippen LogP contribution in [0.15, 0.2) is 91.0 Å². The largest absolute Gasteiger partial charge is 0.448 e. The topological polar surface area (TPSA) is 32.8 Å². The Bertz CT molecular complexity index is 945. The number of benzene rings is 3. The highest BCUT2D eigenvalue weighted by Gasteiger charge is 2.25. The molecule has 3 aromatic carbocycles. The minimum Gasteiger partial charge on any atom is -0.448 e. The molecule has 1 aliphatic heterocycles. The van der Waals surface area contributed by atoms with Gasteiger partial charge in [0.1, 0.15) is 6.61 Å². The van der Waals surface area contributed by atoms with E-state index < -0.39 is 0 Å². The molecule has 1 unspecified atom stereocenters. The quantitative estimate of drug-likeness (QED) is 0.386. The third-order valence-electron chi connectivity index (χ3n) is 6.77. The van der Waals surface area contributed by atoms with Gasteiger partial charge in [-0.3, -0.25) is 4.90 Å². The first-order chi connectivity index (χ1) is 16.7. The molecule has 1 saturated heterocycles. The monoisotopic (exact) mass is 456 g/mol. The standard InChI is InChI=1S/C30H36N2O2/c1-25(32(22-28-13-7-3-8-14-28)23-29-15-9-4-10-16-29)24-34-30(33)31-19-17-27(18-20-31)21-26-11-5-2-6-12-26/h2-16,25,27H,17-24H2,1H3. The Morgan fingerprint density at radius 2 is 1.29 bits per heavy atom. The molecule has 1 amide bonds. The predicted octanol–water partition coefficient (Wildman–Crippen LogP) is 6.17. The second-order valence-electron chi connectivity index (χ2n) is 9.42. The van der Waals surface area contributed by atoms with E-state index in [2.05, 4.69) is 90.7 Å². The summed E-state index contributed by atoms with van der Waals surface area (Å²) in [6.45, 7) is 5.73. The number of hydrogen-bond donors (Lipinski definition) is 0. The second kappa shape index (κ2) is 12.4. The predicted molar refractivity (Wildman–Crippen MR) is 137 cm³/mol. The zero-order chi connectivity index (χ0) is 23.6. The summed E-state index contributed by atoms with van der Waals surface area (Å²) in [5.74, 6) is 0.637. The van der Waals surface area contributed by atoms with E-state index in [0.29, 0.717) is 12.5 Å².